The van der Waals surface area contributed by atoms with E-state index in [9.17, 15) is 9.90 Å². The van der Waals surface area contributed by atoms with Gasteiger partial charge in [0.1, 0.15) is 12.4 Å². The van der Waals surface area contributed by atoms with Crippen LogP contribution < -0.4 is 10.4 Å². The Morgan fingerprint density at radius 1 is 1.09 bits per heavy atom. The van der Waals surface area contributed by atoms with Crippen molar-refractivity contribution in [3.05, 3.63) is 97.8 Å². The number of aliphatic hydroxyl groups is 1. The lowest BCUT2D eigenvalue weighted by atomic mass is 10.0. The van der Waals surface area contributed by atoms with E-state index in [1.54, 1.807) is 0 Å². The molecular weight excluding hydrogens is 530 g/mol. The quantitative estimate of drug-likeness (QED) is 0.307. The molecule has 0 radical (unpaired) electrons. The van der Waals surface area contributed by atoms with Gasteiger partial charge in [-0.25, -0.2) is 4.79 Å². The summed E-state index contributed by atoms with van der Waals surface area (Å²) in [6.07, 6.45) is 1.01. The van der Waals surface area contributed by atoms with E-state index in [0.717, 1.165) is 52.6 Å². The monoisotopic (exact) mass is 555 g/mol. The molecule has 5 rings (SSSR count). The minimum Gasteiger partial charge on any atom is -0.489 e. The van der Waals surface area contributed by atoms with E-state index in [0.29, 0.717) is 23.9 Å². The first-order chi connectivity index (χ1) is 17.0. The molecule has 6 nitrogen and oxygen atoms in total. The molecule has 1 atom stereocenters. The van der Waals surface area contributed by atoms with E-state index in [2.05, 4.69) is 25.8 Å². The van der Waals surface area contributed by atoms with Gasteiger partial charge in [0.2, 0.25) is 0 Å². The van der Waals surface area contributed by atoms with Crippen molar-refractivity contribution in [1.82, 2.24) is 14.5 Å². The van der Waals surface area contributed by atoms with Gasteiger partial charge in [-0.2, -0.15) is 0 Å². The molecule has 182 valence electrons. The number of benzene rings is 3. The summed E-state index contributed by atoms with van der Waals surface area (Å²) < 4.78 is 8.84. The fraction of sp³-hybridized carbons (Fsp3) is 0.296. The van der Waals surface area contributed by atoms with Gasteiger partial charge in [-0.1, -0.05) is 51.8 Å². The lowest BCUT2D eigenvalue weighted by Crippen LogP contribution is -2.39. The first kappa shape index (κ1) is 24.1. The molecule has 8 heteroatoms. The number of nitrogens with one attached hydrogen (secondary N) is 1. The van der Waals surface area contributed by atoms with Gasteiger partial charge in [-0.3, -0.25) is 4.57 Å². The van der Waals surface area contributed by atoms with Crippen LogP contribution in [0.4, 0.5) is 0 Å². The number of aliphatic hydroxyl groups excluding tert-OH is 1. The lowest BCUT2D eigenvalue weighted by molar-refractivity contribution is 0.0881. The van der Waals surface area contributed by atoms with E-state index < -0.39 is 6.10 Å². The van der Waals surface area contributed by atoms with Crippen LogP contribution in [0, 0.1) is 0 Å². The van der Waals surface area contributed by atoms with Crippen molar-refractivity contribution in [1.29, 1.82) is 0 Å². The highest BCUT2D eigenvalue weighted by Crippen LogP contribution is 2.32. The number of hydrogen-bond donors (Lipinski definition) is 2. The maximum Gasteiger partial charge on any atom is 0.326 e. The molecule has 0 spiro atoms. The molecule has 1 unspecified atom stereocenters. The minimum absolute atomic E-state index is 0.0544. The van der Waals surface area contributed by atoms with Crippen molar-refractivity contribution in [2.24, 2.45) is 0 Å². The first-order valence-electron chi connectivity index (χ1n) is 11.7. The lowest BCUT2D eigenvalue weighted by Gasteiger charge is -2.34. The Morgan fingerprint density at radius 2 is 1.83 bits per heavy atom. The van der Waals surface area contributed by atoms with Crippen molar-refractivity contribution >= 4 is 38.6 Å². The number of hydrogen-bond acceptors (Lipinski definition) is 4. The van der Waals surface area contributed by atoms with Crippen LogP contribution in [-0.2, 0) is 6.61 Å². The van der Waals surface area contributed by atoms with Crippen molar-refractivity contribution in [2.45, 2.75) is 31.6 Å². The molecule has 0 aliphatic carbocycles. The van der Waals surface area contributed by atoms with Crippen LogP contribution in [0.3, 0.4) is 0 Å². The fourth-order valence-corrected chi connectivity index (χ4v) is 5.30. The number of para-hydroxylation sites is 2. The van der Waals surface area contributed by atoms with Crippen molar-refractivity contribution in [3.63, 3.8) is 0 Å². The standard InChI is InChI=1S/C27H27BrClN3O3/c28-19-7-10-26(35-17-18-5-8-20(29)9-6-18)22(15-19)25(33)16-31-13-11-21(12-14-31)32-24-4-2-1-3-23(24)30-27(32)34/h1-10,15,21,25,33H,11-14,16-17H2,(H,30,34). The number of fused-ring (bicyclic) bond motifs is 1. The first-order valence-corrected chi connectivity index (χ1v) is 12.9. The SMILES string of the molecule is O=c1[nH]c2ccccc2n1C1CCN(CC(O)c2cc(Br)ccc2OCc2ccc(Cl)cc2)CC1. The van der Waals surface area contributed by atoms with Gasteiger partial charge in [-0.15, -0.1) is 0 Å². The van der Waals surface area contributed by atoms with Gasteiger partial charge in [-0.05, 0) is 60.9 Å². The number of β-amino-alcohol motifs (C(OH)–C–C–N with tert-alkyl or cyclic N) is 1. The van der Waals surface area contributed by atoms with E-state index in [1.165, 1.54) is 0 Å². The average molecular weight is 557 g/mol. The van der Waals surface area contributed by atoms with E-state index >= 15 is 0 Å². The molecule has 2 heterocycles. The number of halogens is 2. The van der Waals surface area contributed by atoms with Crippen molar-refractivity contribution < 1.29 is 9.84 Å². The number of rotatable bonds is 7. The van der Waals surface area contributed by atoms with Gasteiger partial charge >= 0.3 is 5.69 Å². The highest BCUT2D eigenvalue weighted by Gasteiger charge is 2.26. The van der Waals surface area contributed by atoms with Crippen molar-refractivity contribution in [3.8, 4) is 5.75 Å². The zero-order valence-corrected chi connectivity index (χ0v) is 21.5. The number of nitrogens with zero attached hydrogens (tertiary/aromatic N) is 2. The Bertz CT molecular complexity index is 1360. The van der Waals surface area contributed by atoms with E-state index in [1.807, 2.05) is 71.3 Å². The summed E-state index contributed by atoms with van der Waals surface area (Å²) in [5.74, 6) is 0.663. The highest BCUT2D eigenvalue weighted by molar-refractivity contribution is 9.10. The summed E-state index contributed by atoms with van der Waals surface area (Å²) in [6, 6.07) is 21.2. The molecular formula is C27H27BrClN3O3. The second-order valence-corrected chi connectivity index (χ2v) is 10.3. The van der Waals surface area contributed by atoms with Crippen LogP contribution in [0.1, 0.15) is 36.1 Å². The summed E-state index contributed by atoms with van der Waals surface area (Å²) in [4.78, 5) is 17.8. The molecule has 1 saturated heterocycles. The van der Waals surface area contributed by atoms with Gasteiger partial charge in [0.05, 0.1) is 17.1 Å². The van der Waals surface area contributed by atoms with Crippen LogP contribution in [0.25, 0.3) is 11.0 Å². The molecule has 0 amide bonds. The summed E-state index contributed by atoms with van der Waals surface area (Å²) in [6.45, 7) is 2.51. The van der Waals surface area contributed by atoms with E-state index in [-0.39, 0.29) is 11.7 Å². The predicted molar refractivity (Wildman–Crippen MR) is 142 cm³/mol. The zero-order valence-electron chi connectivity index (χ0n) is 19.2. The Hall–Kier alpha value is -2.58. The number of ether oxygens (including phenoxy) is 1. The number of aromatic amines is 1. The molecule has 1 aromatic heterocycles. The molecule has 4 aromatic rings. The third-order valence-corrected chi connectivity index (χ3v) is 7.36. The number of H-pyrrole nitrogens is 1. The van der Waals surface area contributed by atoms with Gasteiger partial charge in [0, 0.05) is 40.7 Å². The smallest absolute Gasteiger partial charge is 0.326 e. The molecule has 0 bridgehead atoms. The Balaban J connectivity index is 1.23. The largest absolute Gasteiger partial charge is 0.489 e. The fourth-order valence-electron chi connectivity index (χ4n) is 4.79. The molecule has 35 heavy (non-hydrogen) atoms. The number of likely N-dealkylation sites (tertiary alicyclic amines) is 1. The van der Waals surface area contributed by atoms with Crippen molar-refractivity contribution in [2.75, 3.05) is 19.6 Å². The Kier molecular flexibility index (Phi) is 7.29. The zero-order chi connectivity index (χ0) is 24.4. The second kappa shape index (κ2) is 10.6. The van der Waals surface area contributed by atoms with Gasteiger partial charge in [0.25, 0.3) is 0 Å². The summed E-state index contributed by atoms with van der Waals surface area (Å²) in [5.41, 5.74) is 3.53. The molecule has 0 saturated carbocycles. The topological polar surface area (TPSA) is 70.5 Å². The third-order valence-electron chi connectivity index (χ3n) is 6.62. The summed E-state index contributed by atoms with van der Waals surface area (Å²) >= 11 is 9.49. The minimum atomic E-state index is -0.694. The summed E-state index contributed by atoms with van der Waals surface area (Å²) in [5, 5.41) is 11.8. The Labute approximate surface area is 217 Å². The van der Waals surface area contributed by atoms with Gasteiger partial charge in [0.15, 0.2) is 0 Å². The maximum atomic E-state index is 12.6. The number of piperidine rings is 1. The predicted octanol–water partition coefficient (Wildman–Crippen LogP) is 5.70. The van der Waals surface area contributed by atoms with E-state index in [4.69, 9.17) is 16.3 Å². The average Bonchev–Trinajstić information content (AvgIpc) is 3.20. The van der Waals surface area contributed by atoms with Crippen LogP contribution in [-0.4, -0.2) is 39.2 Å². The molecule has 1 aliphatic heterocycles. The maximum absolute atomic E-state index is 12.6. The molecule has 3 aromatic carbocycles. The number of aromatic nitrogens is 2. The van der Waals surface area contributed by atoms with Crippen LogP contribution in [0.2, 0.25) is 5.02 Å². The second-order valence-electron chi connectivity index (χ2n) is 8.96. The molecule has 1 fully saturated rings. The molecule has 2 N–H and O–H groups in total. The van der Waals surface area contributed by atoms with Crippen LogP contribution in [0.15, 0.2) is 76.0 Å². The van der Waals surface area contributed by atoms with Gasteiger partial charge < -0.3 is 19.7 Å². The van der Waals surface area contributed by atoms with Crippen LogP contribution in [0.5, 0.6) is 5.75 Å². The summed E-state index contributed by atoms with van der Waals surface area (Å²) in [7, 11) is 0. The normalized spacial score (nSPS) is 16.0. The van der Waals surface area contributed by atoms with Crippen LogP contribution >= 0.6 is 27.5 Å². The third kappa shape index (κ3) is 5.48. The molecule has 1 aliphatic rings. The highest BCUT2D eigenvalue weighted by atomic mass is 79.9. The number of imidazole rings is 1. The Morgan fingerprint density at radius 3 is 2.60 bits per heavy atom.